The molecule has 2 aromatic carbocycles. The van der Waals surface area contributed by atoms with Gasteiger partial charge < -0.3 is 5.73 Å². The molecule has 0 aliphatic carbocycles. The first-order valence-electron chi connectivity index (χ1n) is 5.61. The summed E-state index contributed by atoms with van der Waals surface area (Å²) >= 11 is 9.12. The number of nitriles is 1. The fourth-order valence-corrected chi connectivity index (χ4v) is 3.42. The number of sulfonamides is 1. The monoisotopic (exact) mass is 385 g/mol. The predicted molar refractivity (Wildman–Crippen MR) is 85.5 cm³/mol. The molecule has 0 spiro atoms. The summed E-state index contributed by atoms with van der Waals surface area (Å²) in [6.07, 6.45) is 0. The van der Waals surface area contributed by atoms with Gasteiger partial charge in [0, 0.05) is 10.2 Å². The zero-order chi connectivity index (χ0) is 15.6. The molecule has 0 amide bonds. The molecule has 0 aliphatic rings. The first-order chi connectivity index (χ1) is 9.83. The highest BCUT2D eigenvalue weighted by Gasteiger charge is 2.19. The molecule has 0 fully saturated rings. The average Bonchev–Trinajstić information content (AvgIpc) is 2.43. The number of nitrogens with zero attached hydrogens (tertiary/aromatic N) is 1. The molecule has 0 bridgehead atoms. The Bertz CT molecular complexity index is 847. The highest BCUT2D eigenvalue weighted by Crippen LogP contribution is 2.27. The van der Waals surface area contributed by atoms with Crippen molar-refractivity contribution >= 4 is 48.9 Å². The van der Waals surface area contributed by atoms with E-state index in [1.807, 2.05) is 6.07 Å². The van der Waals surface area contributed by atoms with Gasteiger partial charge in [0.15, 0.2) is 0 Å². The fraction of sp³-hybridized carbons (Fsp3) is 0. The molecule has 0 radical (unpaired) electrons. The number of hydrogen-bond acceptors (Lipinski definition) is 4. The van der Waals surface area contributed by atoms with Crippen molar-refractivity contribution in [2.75, 3.05) is 10.5 Å². The summed E-state index contributed by atoms with van der Waals surface area (Å²) in [5, 5.41) is 8.88. The maximum Gasteiger partial charge on any atom is 0.263 e. The lowest BCUT2D eigenvalue weighted by Gasteiger charge is -2.10. The first kappa shape index (κ1) is 15.6. The van der Waals surface area contributed by atoms with Crippen LogP contribution in [0.2, 0.25) is 5.02 Å². The number of benzene rings is 2. The molecule has 0 heterocycles. The maximum absolute atomic E-state index is 12.3. The summed E-state index contributed by atoms with van der Waals surface area (Å²) < 4.78 is 27.7. The molecule has 0 saturated carbocycles. The molecule has 2 aromatic rings. The van der Waals surface area contributed by atoms with Crippen molar-refractivity contribution in [2.45, 2.75) is 4.90 Å². The Morgan fingerprint density at radius 1 is 1.24 bits per heavy atom. The third-order valence-electron chi connectivity index (χ3n) is 2.60. The van der Waals surface area contributed by atoms with Crippen LogP contribution < -0.4 is 10.5 Å². The van der Waals surface area contributed by atoms with Crippen molar-refractivity contribution in [2.24, 2.45) is 0 Å². The second kappa shape index (κ2) is 5.93. The van der Waals surface area contributed by atoms with Gasteiger partial charge in [-0.2, -0.15) is 5.26 Å². The number of rotatable bonds is 3. The van der Waals surface area contributed by atoms with E-state index in [4.69, 9.17) is 22.6 Å². The quantitative estimate of drug-likeness (QED) is 0.791. The van der Waals surface area contributed by atoms with E-state index in [2.05, 4.69) is 20.7 Å². The molecule has 0 saturated heterocycles. The Kier molecular flexibility index (Phi) is 4.42. The fourth-order valence-electron chi connectivity index (χ4n) is 1.60. The Balaban J connectivity index is 2.43. The van der Waals surface area contributed by atoms with Gasteiger partial charge in [-0.3, -0.25) is 4.72 Å². The van der Waals surface area contributed by atoms with Crippen molar-refractivity contribution in [3.8, 4) is 6.07 Å². The van der Waals surface area contributed by atoms with Crippen LogP contribution in [0.4, 0.5) is 11.4 Å². The van der Waals surface area contributed by atoms with Crippen LogP contribution in [-0.4, -0.2) is 8.42 Å². The van der Waals surface area contributed by atoms with E-state index in [-0.39, 0.29) is 15.5 Å². The van der Waals surface area contributed by atoms with Crippen LogP contribution in [0.1, 0.15) is 5.56 Å². The Morgan fingerprint density at radius 2 is 1.95 bits per heavy atom. The van der Waals surface area contributed by atoms with Gasteiger partial charge in [-0.25, -0.2) is 8.42 Å². The molecule has 21 heavy (non-hydrogen) atoms. The second-order valence-electron chi connectivity index (χ2n) is 4.10. The van der Waals surface area contributed by atoms with E-state index in [0.717, 1.165) is 0 Å². The third kappa shape index (κ3) is 3.47. The molecule has 0 atom stereocenters. The van der Waals surface area contributed by atoms with Crippen LogP contribution in [0.15, 0.2) is 45.8 Å². The minimum atomic E-state index is -3.91. The summed E-state index contributed by atoms with van der Waals surface area (Å²) in [6.45, 7) is 0. The van der Waals surface area contributed by atoms with E-state index in [9.17, 15) is 8.42 Å². The molecular formula is C13H9BrClN3O2S. The van der Waals surface area contributed by atoms with Crippen LogP contribution in [0, 0.1) is 11.3 Å². The lowest BCUT2D eigenvalue weighted by atomic mass is 10.2. The number of halogens is 2. The minimum absolute atomic E-state index is 0.0339. The summed E-state index contributed by atoms with van der Waals surface area (Å²) in [4.78, 5) is -0.162. The molecule has 0 unspecified atom stereocenters. The Labute approximate surface area is 135 Å². The number of anilines is 2. The SMILES string of the molecule is N#Cc1ccc(Cl)c(S(=O)(=O)Nc2ccc(Br)c(N)c2)c1. The number of hydrogen-bond donors (Lipinski definition) is 2. The zero-order valence-corrected chi connectivity index (χ0v) is 13.6. The molecule has 5 nitrogen and oxygen atoms in total. The maximum atomic E-state index is 12.3. The Morgan fingerprint density at radius 3 is 2.57 bits per heavy atom. The summed E-state index contributed by atoms with van der Waals surface area (Å²) in [6, 6.07) is 10.6. The first-order valence-corrected chi connectivity index (χ1v) is 8.26. The highest BCUT2D eigenvalue weighted by atomic mass is 79.9. The van der Waals surface area contributed by atoms with Crippen molar-refractivity contribution < 1.29 is 8.42 Å². The number of nitrogens with two attached hydrogens (primary N) is 1. The van der Waals surface area contributed by atoms with Crippen LogP contribution in [0.25, 0.3) is 0 Å². The van der Waals surface area contributed by atoms with Gasteiger partial charge in [-0.15, -0.1) is 0 Å². The standard InChI is InChI=1S/C13H9BrClN3O2S/c14-10-3-2-9(6-12(10)17)18-21(19,20)13-5-8(7-16)1-4-11(13)15/h1-6,18H,17H2. The average molecular weight is 387 g/mol. The van der Waals surface area contributed by atoms with Gasteiger partial charge in [0.05, 0.1) is 22.3 Å². The van der Waals surface area contributed by atoms with Gasteiger partial charge in [0.2, 0.25) is 0 Å². The predicted octanol–water partition coefficient (Wildman–Crippen LogP) is 3.36. The molecule has 8 heteroatoms. The smallest absolute Gasteiger partial charge is 0.263 e. The minimum Gasteiger partial charge on any atom is -0.398 e. The van der Waals surface area contributed by atoms with Crippen LogP contribution in [-0.2, 0) is 10.0 Å². The normalized spacial score (nSPS) is 10.9. The van der Waals surface area contributed by atoms with Crippen LogP contribution >= 0.6 is 27.5 Å². The van der Waals surface area contributed by atoms with Gasteiger partial charge >= 0.3 is 0 Å². The van der Waals surface area contributed by atoms with E-state index in [1.54, 1.807) is 12.1 Å². The van der Waals surface area contributed by atoms with Crippen molar-refractivity contribution in [3.63, 3.8) is 0 Å². The summed E-state index contributed by atoms with van der Waals surface area (Å²) in [7, 11) is -3.91. The highest BCUT2D eigenvalue weighted by molar-refractivity contribution is 9.10. The summed E-state index contributed by atoms with van der Waals surface area (Å²) in [5.41, 5.74) is 6.60. The third-order valence-corrected chi connectivity index (χ3v) is 5.18. The lowest BCUT2D eigenvalue weighted by Crippen LogP contribution is -2.14. The largest absolute Gasteiger partial charge is 0.398 e. The van der Waals surface area contributed by atoms with E-state index >= 15 is 0 Å². The van der Waals surface area contributed by atoms with Gasteiger partial charge in [0.1, 0.15) is 4.90 Å². The molecule has 108 valence electrons. The molecule has 3 N–H and O–H groups in total. The summed E-state index contributed by atoms with van der Waals surface area (Å²) in [5.74, 6) is 0. The van der Waals surface area contributed by atoms with Crippen molar-refractivity contribution in [1.29, 1.82) is 5.26 Å². The molecule has 2 rings (SSSR count). The van der Waals surface area contributed by atoms with Crippen LogP contribution in [0.5, 0.6) is 0 Å². The van der Waals surface area contributed by atoms with E-state index in [1.165, 1.54) is 24.3 Å². The van der Waals surface area contributed by atoms with E-state index in [0.29, 0.717) is 15.8 Å². The molecule has 0 aromatic heterocycles. The number of nitrogens with one attached hydrogen (secondary N) is 1. The number of nitrogen functional groups attached to an aromatic ring is 1. The van der Waals surface area contributed by atoms with E-state index < -0.39 is 10.0 Å². The van der Waals surface area contributed by atoms with Gasteiger partial charge in [0.25, 0.3) is 10.0 Å². The molecular weight excluding hydrogens is 378 g/mol. The van der Waals surface area contributed by atoms with Crippen molar-refractivity contribution in [3.05, 3.63) is 51.5 Å². The topological polar surface area (TPSA) is 96.0 Å². The van der Waals surface area contributed by atoms with Crippen molar-refractivity contribution in [1.82, 2.24) is 0 Å². The lowest BCUT2D eigenvalue weighted by molar-refractivity contribution is 0.601. The second-order valence-corrected chi connectivity index (χ2v) is 7.01. The van der Waals surface area contributed by atoms with Crippen LogP contribution in [0.3, 0.4) is 0 Å². The zero-order valence-electron chi connectivity index (χ0n) is 10.5. The van der Waals surface area contributed by atoms with Gasteiger partial charge in [-0.05, 0) is 52.3 Å². The molecule has 0 aliphatic heterocycles. The Hall–Kier alpha value is -1.75. The van der Waals surface area contributed by atoms with Gasteiger partial charge in [-0.1, -0.05) is 11.6 Å².